The monoisotopic (exact) mass is 318 g/mol. The number of imidazole rings is 1. The van der Waals surface area contributed by atoms with E-state index in [1.807, 2.05) is 65.1 Å². The molecule has 0 aliphatic rings. The number of nitrogens with zero attached hydrogens (tertiary/aromatic N) is 2. The van der Waals surface area contributed by atoms with Crippen molar-refractivity contribution in [2.24, 2.45) is 7.05 Å². The van der Waals surface area contributed by atoms with Crippen LogP contribution >= 0.6 is 0 Å². The number of aromatic amines is 1. The first kappa shape index (κ1) is 14.3. The van der Waals surface area contributed by atoms with Crippen LogP contribution in [0.1, 0.15) is 10.4 Å². The van der Waals surface area contributed by atoms with Crippen molar-refractivity contribution in [1.29, 1.82) is 0 Å². The summed E-state index contributed by atoms with van der Waals surface area (Å²) in [5, 5.41) is 10.5. The van der Waals surface area contributed by atoms with Crippen LogP contribution < -0.4 is 4.57 Å². The van der Waals surface area contributed by atoms with E-state index in [1.54, 1.807) is 12.1 Å². The average Bonchev–Trinajstić information content (AvgIpc) is 3.16. The largest absolute Gasteiger partial charge is 0.508 e. The second-order valence-corrected chi connectivity index (χ2v) is 5.69. The number of aromatic nitrogens is 3. The number of phenols is 1. The molecule has 0 unspecified atom stereocenters. The second kappa shape index (κ2) is 5.38. The SMILES string of the molecule is C[n+]1c[nH]cc1-c1c(C=O)c2ccccc2n1-c1ccc(O)cc1. The molecule has 0 radical (unpaired) electrons. The summed E-state index contributed by atoms with van der Waals surface area (Å²) in [5.74, 6) is 0.208. The third-order valence-corrected chi connectivity index (χ3v) is 4.25. The smallest absolute Gasteiger partial charge is 0.241 e. The van der Waals surface area contributed by atoms with Gasteiger partial charge < -0.3 is 9.67 Å². The van der Waals surface area contributed by atoms with Crippen molar-refractivity contribution in [3.8, 4) is 22.8 Å². The van der Waals surface area contributed by atoms with Gasteiger partial charge in [0, 0.05) is 11.1 Å². The van der Waals surface area contributed by atoms with Crippen LogP contribution in [0, 0.1) is 0 Å². The molecule has 2 N–H and O–H groups in total. The van der Waals surface area contributed by atoms with E-state index in [4.69, 9.17) is 0 Å². The highest BCUT2D eigenvalue weighted by atomic mass is 16.3. The maximum atomic E-state index is 11.9. The molecular formula is C19H16N3O2+. The molecule has 0 saturated carbocycles. The number of carbonyl (C=O) groups is 1. The van der Waals surface area contributed by atoms with E-state index in [1.165, 1.54) is 0 Å². The molecule has 4 rings (SSSR count). The zero-order chi connectivity index (χ0) is 16.7. The number of aldehydes is 1. The number of aryl methyl sites for hydroxylation is 1. The van der Waals surface area contributed by atoms with Crippen molar-refractivity contribution in [1.82, 2.24) is 9.55 Å². The Balaban J connectivity index is 2.16. The topological polar surface area (TPSA) is 61.9 Å². The molecular weight excluding hydrogens is 302 g/mol. The third-order valence-electron chi connectivity index (χ3n) is 4.25. The van der Waals surface area contributed by atoms with Crippen molar-refractivity contribution < 1.29 is 14.5 Å². The molecule has 5 heteroatoms. The minimum absolute atomic E-state index is 0.208. The van der Waals surface area contributed by atoms with Gasteiger partial charge in [-0.25, -0.2) is 9.55 Å². The Labute approximate surface area is 138 Å². The number of H-pyrrole nitrogens is 1. The predicted octanol–water partition coefficient (Wildman–Crippen LogP) is 2.97. The van der Waals surface area contributed by atoms with Crippen LogP contribution in [-0.2, 0) is 7.05 Å². The number of benzene rings is 2. The highest BCUT2D eigenvalue weighted by Crippen LogP contribution is 2.34. The first-order valence-electron chi connectivity index (χ1n) is 7.61. The lowest BCUT2D eigenvalue weighted by Crippen LogP contribution is -2.28. The molecule has 24 heavy (non-hydrogen) atoms. The van der Waals surface area contributed by atoms with Gasteiger partial charge in [-0.2, -0.15) is 0 Å². The van der Waals surface area contributed by atoms with E-state index in [0.717, 1.165) is 34.3 Å². The molecule has 0 aliphatic carbocycles. The standard InChI is InChI=1S/C19H15N3O2/c1-21-12-20-10-18(21)19-16(11-23)15-4-2-3-5-17(15)22(19)13-6-8-14(24)9-7-13/h2-12,24H,1H3/p+1. The molecule has 0 fully saturated rings. The zero-order valence-corrected chi connectivity index (χ0v) is 13.1. The fourth-order valence-corrected chi connectivity index (χ4v) is 3.14. The van der Waals surface area contributed by atoms with Crippen LogP contribution in [0.5, 0.6) is 5.75 Å². The Bertz CT molecular complexity index is 1040. The minimum atomic E-state index is 0.208. The lowest BCUT2D eigenvalue weighted by atomic mass is 10.1. The zero-order valence-electron chi connectivity index (χ0n) is 13.1. The van der Waals surface area contributed by atoms with Gasteiger partial charge >= 0.3 is 0 Å². The molecule has 2 aromatic carbocycles. The quantitative estimate of drug-likeness (QED) is 0.451. The van der Waals surface area contributed by atoms with Crippen LogP contribution in [0.2, 0.25) is 0 Å². The number of hydrogen-bond acceptors (Lipinski definition) is 2. The molecule has 0 atom stereocenters. The number of rotatable bonds is 3. The highest BCUT2D eigenvalue weighted by Gasteiger charge is 2.23. The molecule has 0 saturated heterocycles. The Morgan fingerprint density at radius 2 is 1.88 bits per heavy atom. The van der Waals surface area contributed by atoms with E-state index in [-0.39, 0.29) is 5.75 Å². The van der Waals surface area contributed by atoms with Gasteiger partial charge in [0.25, 0.3) is 0 Å². The summed E-state index contributed by atoms with van der Waals surface area (Å²) in [7, 11) is 1.93. The summed E-state index contributed by atoms with van der Waals surface area (Å²) >= 11 is 0. The van der Waals surface area contributed by atoms with Gasteiger partial charge in [-0.1, -0.05) is 18.2 Å². The van der Waals surface area contributed by atoms with E-state index < -0.39 is 0 Å². The fourth-order valence-electron chi connectivity index (χ4n) is 3.14. The summed E-state index contributed by atoms with van der Waals surface area (Å²) in [5.41, 5.74) is 4.20. The van der Waals surface area contributed by atoms with E-state index >= 15 is 0 Å². The van der Waals surface area contributed by atoms with Gasteiger partial charge in [-0.15, -0.1) is 0 Å². The molecule has 0 amide bonds. The van der Waals surface area contributed by atoms with Gasteiger partial charge in [0.2, 0.25) is 6.33 Å². The molecule has 5 nitrogen and oxygen atoms in total. The average molecular weight is 318 g/mol. The molecule has 0 aliphatic heterocycles. The van der Waals surface area contributed by atoms with Crippen LogP contribution in [0.4, 0.5) is 0 Å². The van der Waals surface area contributed by atoms with Crippen molar-refractivity contribution in [3.63, 3.8) is 0 Å². The normalized spacial score (nSPS) is 11.0. The second-order valence-electron chi connectivity index (χ2n) is 5.69. The van der Waals surface area contributed by atoms with Gasteiger partial charge in [0.1, 0.15) is 17.6 Å². The Hall–Kier alpha value is -3.34. The molecule has 4 aromatic rings. The highest BCUT2D eigenvalue weighted by molar-refractivity contribution is 6.05. The number of para-hydroxylation sites is 1. The van der Waals surface area contributed by atoms with Crippen LogP contribution in [0.15, 0.2) is 61.1 Å². The summed E-state index contributed by atoms with van der Waals surface area (Å²) in [6.45, 7) is 0. The number of phenolic OH excluding ortho intramolecular Hbond substituents is 1. The molecule has 2 heterocycles. The minimum Gasteiger partial charge on any atom is -0.508 e. The third kappa shape index (κ3) is 2.02. The van der Waals surface area contributed by atoms with Gasteiger partial charge in [-0.05, 0) is 30.3 Å². The van der Waals surface area contributed by atoms with Crippen LogP contribution in [0.3, 0.4) is 0 Å². The van der Waals surface area contributed by atoms with E-state index in [9.17, 15) is 9.90 Å². The van der Waals surface area contributed by atoms with Gasteiger partial charge in [-0.3, -0.25) is 4.79 Å². The summed E-state index contributed by atoms with van der Waals surface area (Å²) in [4.78, 5) is 14.9. The summed E-state index contributed by atoms with van der Waals surface area (Å²) < 4.78 is 3.99. The number of hydrogen-bond donors (Lipinski definition) is 2. The summed E-state index contributed by atoms with van der Waals surface area (Å²) in [6, 6.07) is 14.8. The van der Waals surface area contributed by atoms with E-state index in [0.29, 0.717) is 5.56 Å². The van der Waals surface area contributed by atoms with Gasteiger partial charge in [0.15, 0.2) is 12.0 Å². The first-order chi connectivity index (χ1) is 11.7. The fraction of sp³-hybridized carbons (Fsp3) is 0.0526. The van der Waals surface area contributed by atoms with Crippen molar-refractivity contribution in [2.45, 2.75) is 0 Å². The number of nitrogens with one attached hydrogen (secondary N) is 1. The maximum absolute atomic E-state index is 11.9. The number of carbonyl (C=O) groups excluding carboxylic acids is 1. The number of aromatic hydroxyl groups is 1. The van der Waals surface area contributed by atoms with Gasteiger partial charge in [0.05, 0.1) is 18.1 Å². The Morgan fingerprint density at radius 1 is 1.12 bits per heavy atom. The van der Waals surface area contributed by atoms with Crippen molar-refractivity contribution in [3.05, 3.63) is 66.6 Å². The Morgan fingerprint density at radius 3 is 2.54 bits per heavy atom. The molecule has 118 valence electrons. The number of fused-ring (bicyclic) bond motifs is 1. The van der Waals surface area contributed by atoms with Crippen LogP contribution in [0.25, 0.3) is 28.0 Å². The molecule has 2 aromatic heterocycles. The lowest BCUT2D eigenvalue weighted by Gasteiger charge is -2.10. The van der Waals surface area contributed by atoms with E-state index in [2.05, 4.69) is 4.98 Å². The van der Waals surface area contributed by atoms with Crippen LogP contribution in [-0.4, -0.2) is 20.9 Å². The lowest BCUT2D eigenvalue weighted by molar-refractivity contribution is -0.659. The first-order valence-corrected chi connectivity index (χ1v) is 7.61. The maximum Gasteiger partial charge on any atom is 0.241 e. The predicted molar refractivity (Wildman–Crippen MR) is 91.3 cm³/mol. The van der Waals surface area contributed by atoms with Crippen molar-refractivity contribution >= 4 is 17.2 Å². The summed E-state index contributed by atoms with van der Waals surface area (Å²) in [6.07, 6.45) is 4.61. The van der Waals surface area contributed by atoms with Crippen molar-refractivity contribution in [2.75, 3.05) is 0 Å². The molecule has 0 bridgehead atoms. The molecule has 0 spiro atoms. The Kier molecular flexibility index (Phi) is 3.20.